The summed E-state index contributed by atoms with van der Waals surface area (Å²) in [6.07, 6.45) is 1.04. The molecule has 0 aliphatic heterocycles. The van der Waals surface area contributed by atoms with Gasteiger partial charge in [0, 0.05) is 17.9 Å². The molecule has 1 amide bonds. The maximum absolute atomic E-state index is 11.8. The Hall–Kier alpha value is -1.76. The van der Waals surface area contributed by atoms with Gasteiger partial charge in [0.25, 0.3) is 0 Å². The van der Waals surface area contributed by atoms with Crippen LogP contribution >= 0.6 is 0 Å². The number of nitrogen functional groups attached to an aromatic ring is 1. The van der Waals surface area contributed by atoms with Crippen LogP contribution in [0.25, 0.3) is 0 Å². The van der Waals surface area contributed by atoms with E-state index in [9.17, 15) is 13.2 Å². The van der Waals surface area contributed by atoms with Crippen LogP contribution < -0.4 is 15.8 Å². The molecule has 1 rings (SSSR count). The summed E-state index contributed by atoms with van der Waals surface area (Å²) >= 11 is 0. The molecule has 0 saturated heterocycles. The smallest absolute Gasteiger partial charge is 0.224 e. The predicted molar refractivity (Wildman–Crippen MR) is 84.2 cm³/mol. The van der Waals surface area contributed by atoms with Crippen molar-refractivity contribution in [3.63, 3.8) is 0 Å². The molecule has 1 aromatic carbocycles. The first-order valence-corrected chi connectivity index (χ1v) is 8.64. The van der Waals surface area contributed by atoms with Gasteiger partial charge in [0.1, 0.15) is 15.6 Å². The summed E-state index contributed by atoms with van der Waals surface area (Å²) in [4.78, 5) is 11.8. The van der Waals surface area contributed by atoms with E-state index in [0.717, 1.165) is 0 Å². The first-order valence-electron chi connectivity index (χ1n) is 6.81. The van der Waals surface area contributed by atoms with Crippen molar-refractivity contribution >= 4 is 27.1 Å². The van der Waals surface area contributed by atoms with Gasteiger partial charge in [-0.25, -0.2) is 8.42 Å². The standard InChI is InChI=1S/C14H22N2O4S/c1-3-8-21(18,19)9-4-5-14(17)16-12-10-11(15)6-7-13(12)20-2/h6-7,10H,3-5,8-9,15H2,1-2H3,(H,16,17). The van der Waals surface area contributed by atoms with Gasteiger partial charge in [-0.05, 0) is 31.0 Å². The average Bonchev–Trinajstić information content (AvgIpc) is 2.38. The zero-order chi connectivity index (χ0) is 15.9. The van der Waals surface area contributed by atoms with Crippen LogP contribution in [0.1, 0.15) is 26.2 Å². The molecule has 0 bridgehead atoms. The summed E-state index contributed by atoms with van der Waals surface area (Å²) in [7, 11) is -1.55. The number of rotatable bonds is 8. The van der Waals surface area contributed by atoms with Gasteiger partial charge in [0.2, 0.25) is 5.91 Å². The van der Waals surface area contributed by atoms with Crippen molar-refractivity contribution < 1.29 is 17.9 Å². The zero-order valence-corrected chi connectivity index (χ0v) is 13.2. The van der Waals surface area contributed by atoms with Crippen LogP contribution in [0.4, 0.5) is 11.4 Å². The molecule has 7 heteroatoms. The Morgan fingerprint density at radius 1 is 1.33 bits per heavy atom. The van der Waals surface area contributed by atoms with E-state index in [0.29, 0.717) is 30.0 Å². The SMILES string of the molecule is CCCS(=O)(=O)CCCC(=O)Nc1cc(N)ccc1OC. The molecule has 0 saturated carbocycles. The number of amides is 1. The van der Waals surface area contributed by atoms with Crippen LogP contribution in [0, 0.1) is 0 Å². The first kappa shape index (κ1) is 17.3. The summed E-state index contributed by atoms with van der Waals surface area (Å²) in [5.74, 6) is 0.446. The van der Waals surface area contributed by atoms with Gasteiger partial charge in [-0.15, -0.1) is 0 Å². The maximum Gasteiger partial charge on any atom is 0.224 e. The second-order valence-electron chi connectivity index (χ2n) is 4.76. The van der Waals surface area contributed by atoms with E-state index in [1.165, 1.54) is 7.11 Å². The lowest BCUT2D eigenvalue weighted by atomic mass is 10.2. The molecule has 3 N–H and O–H groups in total. The quantitative estimate of drug-likeness (QED) is 0.713. The number of anilines is 2. The highest BCUT2D eigenvalue weighted by atomic mass is 32.2. The minimum Gasteiger partial charge on any atom is -0.495 e. The Bertz CT molecular complexity index is 585. The fraction of sp³-hybridized carbons (Fsp3) is 0.500. The average molecular weight is 314 g/mol. The molecule has 0 aliphatic carbocycles. The van der Waals surface area contributed by atoms with Crippen LogP contribution in [0.3, 0.4) is 0 Å². The fourth-order valence-electron chi connectivity index (χ4n) is 1.90. The summed E-state index contributed by atoms with van der Waals surface area (Å²) < 4.78 is 28.2. The molecule has 118 valence electrons. The molecular formula is C14H22N2O4S. The summed E-state index contributed by atoms with van der Waals surface area (Å²) in [5, 5.41) is 2.68. The van der Waals surface area contributed by atoms with Gasteiger partial charge in [0.15, 0.2) is 0 Å². The monoisotopic (exact) mass is 314 g/mol. The number of hydrogen-bond acceptors (Lipinski definition) is 5. The number of sulfone groups is 1. The molecule has 0 aromatic heterocycles. The molecule has 6 nitrogen and oxygen atoms in total. The Balaban J connectivity index is 2.53. The molecule has 0 atom stereocenters. The number of ether oxygens (including phenoxy) is 1. The van der Waals surface area contributed by atoms with E-state index < -0.39 is 9.84 Å². The van der Waals surface area contributed by atoms with Crippen molar-refractivity contribution in [1.29, 1.82) is 0 Å². The Morgan fingerprint density at radius 2 is 2.05 bits per heavy atom. The number of carbonyl (C=O) groups excluding carboxylic acids is 1. The Kier molecular flexibility index (Phi) is 6.48. The van der Waals surface area contributed by atoms with Crippen LogP contribution in [0.15, 0.2) is 18.2 Å². The Labute approximate surface area is 125 Å². The minimum atomic E-state index is -3.04. The van der Waals surface area contributed by atoms with Crippen molar-refractivity contribution in [1.82, 2.24) is 0 Å². The van der Waals surface area contributed by atoms with Gasteiger partial charge in [-0.2, -0.15) is 0 Å². The Morgan fingerprint density at radius 3 is 2.67 bits per heavy atom. The molecule has 21 heavy (non-hydrogen) atoms. The lowest BCUT2D eigenvalue weighted by molar-refractivity contribution is -0.116. The zero-order valence-electron chi connectivity index (χ0n) is 12.4. The number of nitrogens with one attached hydrogen (secondary N) is 1. The van der Waals surface area contributed by atoms with E-state index in [2.05, 4.69) is 5.32 Å². The second-order valence-corrected chi connectivity index (χ2v) is 7.07. The van der Waals surface area contributed by atoms with Crippen LogP contribution in [-0.4, -0.2) is 32.9 Å². The van der Waals surface area contributed by atoms with Crippen molar-refractivity contribution in [2.45, 2.75) is 26.2 Å². The highest BCUT2D eigenvalue weighted by Crippen LogP contribution is 2.26. The molecule has 0 radical (unpaired) electrons. The highest BCUT2D eigenvalue weighted by molar-refractivity contribution is 7.91. The van der Waals surface area contributed by atoms with Gasteiger partial charge >= 0.3 is 0 Å². The lowest BCUT2D eigenvalue weighted by Gasteiger charge is -2.11. The first-order chi connectivity index (χ1) is 9.88. The normalized spacial score (nSPS) is 11.1. The number of hydrogen-bond donors (Lipinski definition) is 2. The fourth-order valence-corrected chi connectivity index (χ4v) is 3.31. The van der Waals surface area contributed by atoms with Crippen LogP contribution in [-0.2, 0) is 14.6 Å². The van der Waals surface area contributed by atoms with Crippen LogP contribution in [0.2, 0.25) is 0 Å². The third-order valence-electron chi connectivity index (χ3n) is 2.87. The molecule has 0 aliphatic rings. The molecule has 0 spiro atoms. The summed E-state index contributed by atoms with van der Waals surface area (Å²) in [5.41, 5.74) is 6.66. The molecular weight excluding hydrogens is 292 g/mol. The third-order valence-corrected chi connectivity index (χ3v) is 4.81. The summed E-state index contributed by atoms with van der Waals surface area (Å²) in [6, 6.07) is 4.94. The van der Waals surface area contributed by atoms with Gasteiger partial charge in [0.05, 0.1) is 18.6 Å². The van der Waals surface area contributed by atoms with E-state index >= 15 is 0 Å². The molecule has 0 unspecified atom stereocenters. The van der Waals surface area contributed by atoms with Gasteiger partial charge in [-0.1, -0.05) is 6.92 Å². The number of nitrogens with two attached hydrogens (primary N) is 1. The van der Waals surface area contributed by atoms with Crippen LogP contribution in [0.5, 0.6) is 5.75 Å². The molecule has 1 aromatic rings. The summed E-state index contributed by atoms with van der Waals surface area (Å²) in [6.45, 7) is 1.82. The number of carbonyl (C=O) groups is 1. The van der Waals surface area contributed by atoms with E-state index in [1.807, 2.05) is 6.92 Å². The topological polar surface area (TPSA) is 98.5 Å². The van der Waals surface area contributed by atoms with Crippen molar-refractivity contribution in [2.24, 2.45) is 0 Å². The van der Waals surface area contributed by atoms with Gasteiger partial charge in [-0.3, -0.25) is 4.79 Å². The van der Waals surface area contributed by atoms with E-state index in [4.69, 9.17) is 10.5 Å². The second kappa shape index (κ2) is 7.87. The maximum atomic E-state index is 11.8. The lowest BCUT2D eigenvalue weighted by Crippen LogP contribution is -2.16. The van der Waals surface area contributed by atoms with Gasteiger partial charge < -0.3 is 15.8 Å². The molecule has 0 heterocycles. The highest BCUT2D eigenvalue weighted by Gasteiger charge is 2.12. The predicted octanol–water partition coefficient (Wildman–Crippen LogP) is 1.82. The van der Waals surface area contributed by atoms with Crippen molar-refractivity contribution in [2.75, 3.05) is 29.7 Å². The van der Waals surface area contributed by atoms with Crippen molar-refractivity contribution in [3.05, 3.63) is 18.2 Å². The number of benzene rings is 1. The largest absolute Gasteiger partial charge is 0.495 e. The van der Waals surface area contributed by atoms with Crippen molar-refractivity contribution in [3.8, 4) is 5.75 Å². The van der Waals surface area contributed by atoms with E-state index in [1.54, 1.807) is 18.2 Å². The third kappa shape index (κ3) is 6.03. The van der Waals surface area contributed by atoms with E-state index in [-0.39, 0.29) is 23.8 Å². The minimum absolute atomic E-state index is 0.0301. The molecule has 0 fully saturated rings. The number of methoxy groups -OCH3 is 1.